The molecule has 1 aliphatic rings. The summed E-state index contributed by atoms with van der Waals surface area (Å²) in [5, 5.41) is 0. The Morgan fingerprint density at radius 1 is 1.17 bits per heavy atom. The van der Waals surface area contributed by atoms with Gasteiger partial charge >= 0.3 is 0 Å². The van der Waals surface area contributed by atoms with Crippen molar-refractivity contribution >= 4 is 5.91 Å². The lowest BCUT2D eigenvalue weighted by Crippen LogP contribution is -2.43. The van der Waals surface area contributed by atoms with Gasteiger partial charge in [-0.2, -0.15) is 0 Å². The molecule has 0 N–H and O–H groups in total. The second kappa shape index (κ2) is 9.92. The number of piperidine rings is 1. The predicted octanol–water partition coefficient (Wildman–Crippen LogP) is 4.00. The Balaban J connectivity index is 1.63. The molecule has 1 aliphatic heterocycles. The van der Waals surface area contributed by atoms with Gasteiger partial charge < -0.3 is 4.90 Å². The van der Waals surface area contributed by atoms with Crippen molar-refractivity contribution in [3.8, 4) is 0 Å². The summed E-state index contributed by atoms with van der Waals surface area (Å²) in [6.45, 7) is 7.65. The van der Waals surface area contributed by atoms with E-state index in [0.717, 1.165) is 50.3 Å². The topological polar surface area (TPSA) is 36.4 Å². The van der Waals surface area contributed by atoms with Gasteiger partial charge in [0.25, 0.3) is 0 Å². The van der Waals surface area contributed by atoms with Crippen LogP contribution in [0, 0.1) is 11.6 Å². The molecular formula is C23H29F2N3O. The van der Waals surface area contributed by atoms with Crippen LogP contribution in [0.2, 0.25) is 0 Å². The number of nitrogens with zero attached hydrogens (tertiary/aromatic N) is 3. The third-order valence-corrected chi connectivity index (χ3v) is 5.69. The van der Waals surface area contributed by atoms with Gasteiger partial charge in [-0.3, -0.25) is 14.7 Å². The largest absolute Gasteiger partial charge is 0.342 e. The van der Waals surface area contributed by atoms with E-state index >= 15 is 0 Å². The Kier molecular flexibility index (Phi) is 7.31. The third kappa shape index (κ3) is 5.38. The van der Waals surface area contributed by atoms with Crippen molar-refractivity contribution in [2.45, 2.75) is 39.0 Å². The van der Waals surface area contributed by atoms with E-state index in [1.165, 1.54) is 18.2 Å². The minimum absolute atomic E-state index is 0.0702. The van der Waals surface area contributed by atoms with Crippen molar-refractivity contribution in [3.63, 3.8) is 0 Å². The van der Waals surface area contributed by atoms with Gasteiger partial charge in [0.15, 0.2) is 0 Å². The van der Waals surface area contributed by atoms with Crippen LogP contribution in [0.4, 0.5) is 8.78 Å². The summed E-state index contributed by atoms with van der Waals surface area (Å²) < 4.78 is 27.7. The quantitative estimate of drug-likeness (QED) is 0.704. The molecule has 6 heteroatoms. The first-order valence-corrected chi connectivity index (χ1v) is 10.4. The van der Waals surface area contributed by atoms with E-state index in [4.69, 9.17) is 0 Å². The van der Waals surface area contributed by atoms with Crippen LogP contribution in [0.15, 0.2) is 36.5 Å². The zero-order valence-electron chi connectivity index (χ0n) is 17.2. The SMILES string of the molecule is CCN(CC)C(=O)CN1CCC[C@@H](c2ccc(Cc3c(F)cccc3F)cn2)C1. The first-order valence-electron chi connectivity index (χ1n) is 10.4. The van der Waals surface area contributed by atoms with Gasteiger partial charge in [-0.15, -0.1) is 0 Å². The molecule has 0 spiro atoms. The summed E-state index contributed by atoms with van der Waals surface area (Å²) in [7, 11) is 0. The number of pyridine rings is 1. The van der Waals surface area contributed by atoms with Crippen molar-refractivity contribution in [2.75, 3.05) is 32.7 Å². The van der Waals surface area contributed by atoms with Crippen molar-refractivity contribution in [1.82, 2.24) is 14.8 Å². The highest BCUT2D eigenvalue weighted by atomic mass is 19.1. The molecule has 4 nitrogen and oxygen atoms in total. The summed E-state index contributed by atoms with van der Waals surface area (Å²) in [5.41, 5.74) is 1.82. The number of carbonyl (C=O) groups excluding carboxylic acids is 1. The summed E-state index contributed by atoms with van der Waals surface area (Å²) in [6, 6.07) is 7.77. The van der Waals surface area contributed by atoms with Crippen LogP contribution < -0.4 is 0 Å². The van der Waals surface area contributed by atoms with Gasteiger partial charge in [0.2, 0.25) is 5.91 Å². The number of halogens is 2. The minimum Gasteiger partial charge on any atom is -0.342 e. The first-order chi connectivity index (χ1) is 14.0. The molecule has 0 saturated carbocycles. The molecule has 1 saturated heterocycles. The average Bonchev–Trinajstić information content (AvgIpc) is 2.72. The molecule has 1 fully saturated rings. The van der Waals surface area contributed by atoms with E-state index < -0.39 is 11.6 Å². The van der Waals surface area contributed by atoms with E-state index in [1.54, 1.807) is 6.20 Å². The Labute approximate surface area is 171 Å². The number of rotatable bonds is 7. The predicted molar refractivity (Wildman–Crippen MR) is 110 cm³/mol. The molecule has 1 aromatic carbocycles. The van der Waals surface area contributed by atoms with Gasteiger partial charge in [-0.1, -0.05) is 12.1 Å². The highest BCUT2D eigenvalue weighted by Crippen LogP contribution is 2.26. The summed E-state index contributed by atoms with van der Waals surface area (Å²) >= 11 is 0. The first kappa shape index (κ1) is 21.4. The fourth-order valence-corrected chi connectivity index (χ4v) is 4.00. The lowest BCUT2D eigenvalue weighted by molar-refractivity contribution is -0.132. The number of likely N-dealkylation sites (tertiary alicyclic amines) is 1. The van der Waals surface area contributed by atoms with Crippen LogP contribution in [0.1, 0.15) is 49.4 Å². The molecule has 0 bridgehead atoms. The zero-order valence-corrected chi connectivity index (χ0v) is 17.2. The lowest BCUT2D eigenvalue weighted by atomic mass is 9.93. The smallest absolute Gasteiger partial charge is 0.236 e. The number of hydrogen-bond acceptors (Lipinski definition) is 3. The summed E-state index contributed by atoms with van der Waals surface area (Å²) in [4.78, 5) is 21.0. The van der Waals surface area contributed by atoms with Crippen molar-refractivity contribution in [2.24, 2.45) is 0 Å². The molecule has 1 atom stereocenters. The number of hydrogen-bond donors (Lipinski definition) is 0. The van der Waals surface area contributed by atoms with Gasteiger partial charge in [0.05, 0.1) is 6.54 Å². The number of carbonyl (C=O) groups is 1. The van der Waals surface area contributed by atoms with E-state index in [9.17, 15) is 13.6 Å². The van der Waals surface area contributed by atoms with E-state index in [0.29, 0.717) is 6.54 Å². The molecule has 0 radical (unpaired) electrons. The van der Waals surface area contributed by atoms with Gasteiger partial charge in [0.1, 0.15) is 11.6 Å². The van der Waals surface area contributed by atoms with E-state index in [-0.39, 0.29) is 23.8 Å². The number of likely N-dealkylation sites (N-methyl/N-ethyl adjacent to an activating group) is 1. The summed E-state index contributed by atoms with van der Waals surface area (Å²) in [5.74, 6) is -0.622. The van der Waals surface area contributed by atoms with Crippen molar-refractivity contribution in [1.29, 1.82) is 0 Å². The number of aromatic nitrogens is 1. The monoisotopic (exact) mass is 401 g/mol. The molecule has 2 aromatic rings. The molecule has 1 amide bonds. The fraction of sp³-hybridized carbons (Fsp3) is 0.478. The minimum atomic E-state index is -0.533. The van der Waals surface area contributed by atoms with E-state index in [2.05, 4.69) is 9.88 Å². The van der Waals surface area contributed by atoms with Crippen LogP contribution in [-0.4, -0.2) is 53.4 Å². The second-order valence-electron chi connectivity index (χ2n) is 7.61. The zero-order chi connectivity index (χ0) is 20.8. The van der Waals surface area contributed by atoms with Crippen LogP contribution in [0.5, 0.6) is 0 Å². The molecule has 1 aromatic heterocycles. The third-order valence-electron chi connectivity index (χ3n) is 5.69. The molecule has 0 aliphatic carbocycles. The average molecular weight is 402 g/mol. The maximum Gasteiger partial charge on any atom is 0.236 e. The van der Waals surface area contributed by atoms with Crippen LogP contribution >= 0.6 is 0 Å². The van der Waals surface area contributed by atoms with Gasteiger partial charge in [0, 0.05) is 49.4 Å². The van der Waals surface area contributed by atoms with Crippen LogP contribution in [0.25, 0.3) is 0 Å². The van der Waals surface area contributed by atoms with E-state index in [1.807, 2.05) is 30.9 Å². The van der Waals surface area contributed by atoms with Crippen molar-refractivity contribution in [3.05, 3.63) is 65.0 Å². The normalized spacial score (nSPS) is 17.3. The number of benzene rings is 1. The molecule has 3 rings (SSSR count). The lowest BCUT2D eigenvalue weighted by Gasteiger charge is -2.33. The number of amides is 1. The Morgan fingerprint density at radius 3 is 2.52 bits per heavy atom. The maximum atomic E-state index is 13.9. The van der Waals surface area contributed by atoms with Crippen LogP contribution in [0.3, 0.4) is 0 Å². The Morgan fingerprint density at radius 2 is 1.90 bits per heavy atom. The standard InChI is InChI=1S/C23H29F2N3O/c1-3-28(4-2)23(29)16-27-12-6-7-18(15-27)22-11-10-17(14-26-22)13-19-20(24)8-5-9-21(19)25/h5,8-11,14,18H,3-4,6-7,12-13,15-16H2,1-2H3/t18-/m1/s1. The molecule has 29 heavy (non-hydrogen) atoms. The Hall–Kier alpha value is -2.34. The van der Waals surface area contributed by atoms with Gasteiger partial charge in [-0.25, -0.2) is 8.78 Å². The molecule has 0 unspecified atom stereocenters. The highest BCUT2D eigenvalue weighted by molar-refractivity contribution is 5.78. The van der Waals surface area contributed by atoms with Gasteiger partial charge in [-0.05, 0) is 57.0 Å². The fourth-order valence-electron chi connectivity index (χ4n) is 4.00. The Bertz CT molecular complexity index is 801. The maximum absolute atomic E-state index is 13.9. The van der Waals surface area contributed by atoms with Crippen LogP contribution in [-0.2, 0) is 11.2 Å². The second-order valence-corrected chi connectivity index (χ2v) is 7.61. The van der Waals surface area contributed by atoms with Crippen molar-refractivity contribution < 1.29 is 13.6 Å². The highest BCUT2D eigenvalue weighted by Gasteiger charge is 2.25. The summed E-state index contributed by atoms with van der Waals surface area (Å²) in [6.07, 6.45) is 3.95. The molecular weight excluding hydrogens is 372 g/mol. The molecule has 2 heterocycles. The molecule has 156 valence electrons.